The van der Waals surface area contributed by atoms with Crippen LogP contribution in [0.25, 0.3) is 0 Å². The van der Waals surface area contributed by atoms with Crippen molar-refractivity contribution in [3.8, 4) is 0 Å². The van der Waals surface area contributed by atoms with Crippen molar-refractivity contribution in [2.75, 3.05) is 13.2 Å². The molecule has 0 radical (unpaired) electrons. The molecule has 0 aliphatic heterocycles. The zero-order valence-electron chi connectivity index (χ0n) is 40.6. The van der Waals surface area contributed by atoms with E-state index in [2.05, 4.69) is 93.7 Å². The lowest BCUT2D eigenvalue weighted by Gasteiger charge is -2.18. The van der Waals surface area contributed by atoms with Gasteiger partial charge in [-0.3, -0.25) is 14.4 Å². The molecule has 0 amide bonds. The summed E-state index contributed by atoms with van der Waals surface area (Å²) >= 11 is 0. The van der Waals surface area contributed by atoms with Crippen LogP contribution in [-0.4, -0.2) is 37.2 Å². The number of unbranched alkanes of at least 4 members (excludes halogenated alkanes) is 23. The normalized spacial score (nSPS) is 12.6. The minimum absolute atomic E-state index is 0.0836. The fourth-order valence-electron chi connectivity index (χ4n) is 7.05. The van der Waals surface area contributed by atoms with E-state index in [1.54, 1.807) is 0 Å². The van der Waals surface area contributed by atoms with Gasteiger partial charge in [-0.25, -0.2) is 0 Å². The van der Waals surface area contributed by atoms with Crippen LogP contribution in [-0.2, 0) is 28.6 Å². The van der Waals surface area contributed by atoms with Gasteiger partial charge in [0.15, 0.2) is 6.10 Å². The predicted octanol–water partition coefficient (Wildman–Crippen LogP) is 17.0. The standard InChI is InChI=1S/C56H96O6/c1-4-7-10-13-16-19-22-24-25-26-27-28-29-30-31-32-35-37-40-43-46-49-55(58)61-52-53(51-60-54(57)48-45-42-39-36-33-21-18-15-12-9-6-3)62-56(59)50-47-44-41-38-34-23-20-17-14-11-8-5-2/h7,10,16-17,19-20,24-25,27-28,30-31,53H,4-6,8-9,11-15,18,21-23,26,29,32-52H2,1-3H3/b10-7-,19-16-,20-17-,25-24-,28-27-,31-30-. The second-order valence-electron chi connectivity index (χ2n) is 17.1. The van der Waals surface area contributed by atoms with Gasteiger partial charge in [-0.1, -0.05) is 209 Å². The first kappa shape index (κ1) is 58.9. The molecular weight excluding hydrogens is 769 g/mol. The van der Waals surface area contributed by atoms with Gasteiger partial charge in [0.25, 0.3) is 0 Å². The van der Waals surface area contributed by atoms with Gasteiger partial charge < -0.3 is 14.2 Å². The fraction of sp³-hybridized carbons (Fsp3) is 0.732. The third-order valence-corrected chi connectivity index (χ3v) is 10.9. The zero-order chi connectivity index (χ0) is 45.1. The van der Waals surface area contributed by atoms with Crippen molar-refractivity contribution in [2.24, 2.45) is 0 Å². The van der Waals surface area contributed by atoms with Crippen LogP contribution in [0.4, 0.5) is 0 Å². The third-order valence-electron chi connectivity index (χ3n) is 10.9. The second-order valence-corrected chi connectivity index (χ2v) is 17.1. The topological polar surface area (TPSA) is 78.9 Å². The fourth-order valence-corrected chi connectivity index (χ4v) is 7.05. The summed E-state index contributed by atoms with van der Waals surface area (Å²) in [6.45, 7) is 6.47. The van der Waals surface area contributed by atoms with E-state index in [0.29, 0.717) is 19.3 Å². The summed E-state index contributed by atoms with van der Waals surface area (Å²) in [5.41, 5.74) is 0. The largest absolute Gasteiger partial charge is 0.462 e. The molecule has 356 valence electrons. The Morgan fingerprint density at radius 2 is 0.629 bits per heavy atom. The maximum absolute atomic E-state index is 12.8. The molecule has 0 saturated carbocycles. The van der Waals surface area contributed by atoms with E-state index < -0.39 is 6.10 Å². The van der Waals surface area contributed by atoms with E-state index in [1.165, 1.54) is 83.5 Å². The van der Waals surface area contributed by atoms with E-state index in [0.717, 1.165) is 122 Å². The Morgan fingerprint density at radius 3 is 1.03 bits per heavy atom. The van der Waals surface area contributed by atoms with Crippen molar-refractivity contribution in [1.82, 2.24) is 0 Å². The van der Waals surface area contributed by atoms with Crippen LogP contribution in [0.3, 0.4) is 0 Å². The minimum atomic E-state index is -0.784. The van der Waals surface area contributed by atoms with E-state index in [4.69, 9.17) is 14.2 Å². The number of carbonyl (C=O) groups excluding carboxylic acids is 3. The summed E-state index contributed by atoms with van der Waals surface area (Å²) in [7, 11) is 0. The molecule has 62 heavy (non-hydrogen) atoms. The molecule has 0 heterocycles. The van der Waals surface area contributed by atoms with Crippen molar-refractivity contribution in [3.05, 3.63) is 72.9 Å². The number of hydrogen-bond acceptors (Lipinski definition) is 6. The van der Waals surface area contributed by atoms with Crippen LogP contribution < -0.4 is 0 Å². The summed E-state index contributed by atoms with van der Waals surface area (Å²) in [6.07, 6.45) is 63.1. The SMILES string of the molecule is CC/C=C\C/C=C\C/C=C\C/C=C\C/C=C\CCCCCCCC(=O)OCC(COC(=O)CCCCCCCCCCCCC)OC(=O)CCCCCCC/C=C\CCCCC. The molecule has 0 N–H and O–H groups in total. The number of rotatable bonds is 46. The second kappa shape index (κ2) is 50.5. The molecule has 0 aliphatic rings. The molecule has 1 unspecified atom stereocenters. The number of carbonyl (C=O) groups is 3. The third kappa shape index (κ3) is 47.9. The maximum Gasteiger partial charge on any atom is 0.306 e. The highest BCUT2D eigenvalue weighted by molar-refractivity contribution is 5.71. The smallest absolute Gasteiger partial charge is 0.306 e. The zero-order valence-corrected chi connectivity index (χ0v) is 40.6. The van der Waals surface area contributed by atoms with Crippen LogP contribution in [0, 0.1) is 0 Å². The van der Waals surface area contributed by atoms with E-state index >= 15 is 0 Å². The molecule has 0 bridgehead atoms. The quantitative estimate of drug-likeness (QED) is 0.0262. The van der Waals surface area contributed by atoms with Crippen molar-refractivity contribution in [2.45, 2.75) is 252 Å². The van der Waals surface area contributed by atoms with Gasteiger partial charge in [0, 0.05) is 19.3 Å². The monoisotopic (exact) mass is 865 g/mol. The van der Waals surface area contributed by atoms with Gasteiger partial charge in [0.05, 0.1) is 0 Å². The summed E-state index contributed by atoms with van der Waals surface area (Å²) < 4.78 is 16.8. The molecule has 0 fully saturated rings. The first-order valence-electron chi connectivity index (χ1n) is 25.9. The predicted molar refractivity (Wildman–Crippen MR) is 265 cm³/mol. The molecule has 6 nitrogen and oxygen atoms in total. The Bertz CT molecular complexity index is 1180. The molecule has 0 aromatic heterocycles. The molecule has 0 aliphatic carbocycles. The summed E-state index contributed by atoms with van der Waals surface area (Å²) in [4.78, 5) is 37.9. The molecule has 0 aromatic rings. The highest BCUT2D eigenvalue weighted by atomic mass is 16.6. The lowest BCUT2D eigenvalue weighted by molar-refractivity contribution is -0.167. The van der Waals surface area contributed by atoms with Gasteiger partial charge >= 0.3 is 17.9 Å². The van der Waals surface area contributed by atoms with Crippen molar-refractivity contribution in [1.29, 1.82) is 0 Å². The molecule has 0 spiro atoms. The average molecular weight is 865 g/mol. The maximum atomic E-state index is 12.8. The summed E-state index contributed by atoms with van der Waals surface area (Å²) in [5.74, 6) is -0.912. The molecule has 1 atom stereocenters. The summed E-state index contributed by atoms with van der Waals surface area (Å²) in [5, 5.41) is 0. The van der Waals surface area contributed by atoms with E-state index in [-0.39, 0.29) is 31.1 Å². The highest BCUT2D eigenvalue weighted by Crippen LogP contribution is 2.14. The number of hydrogen-bond donors (Lipinski definition) is 0. The van der Waals surface area contributed by atoms with Crippen LogP contribution in [0.15, 0.2) is 72.9 Å². The highest BCUT2D eigenvalue weighted by Gasteiger charge is 2.19. The lowest BCUT2D eigenvalue weighted by atomic mass is 10.1. The van der Waals surface area contributed by atoms with Crippen LogP contribution >= 0.6 is 0 Å². The first-order valence-corrected chi connectivity index (χ1v) is 25.9. The molecular formula is C56H96O6. The summed E-state index contributed by atoms with van der Waals surface area (Å²) in [6, 6.07) is 0. The number of ether oxygens (including phenoxy) is 3. The Kier molecular flexibility index (Phi) is 47.9. The number of esters is 3. The Labute approximate surface area is 382 Å². The molecule has 6 heteroatoms. The van der Waals surface area contributed by atoms with E-state index in [9.17, 15) is 14.4 Å². The number of allylic oxidation sites excluding steroid dienone is 12. The Morgan fingerprint density at radius 1 is 0.339 bits per heavy atom. The molecule has 0 rings (SSSR count). The van der Waals surface area contributed by atoms with Gasteiger partial charge in [-0.15, -0.1) is 0 Å². The Balaban J connectivity index is 4.36. The van der Waals surface area contributed by atoms with Crippen LogP contribution in [0.2, 0.25) is 0 Å². The lowest BCUT2D eigenvalue weighted by Crippen LogP contribution is -2.30. The van der Waals surface area contributed by atoms with Gasteiger partial charge in [-0.05, 0) is 89.9 Å². The molecule has 0 saturated heterocycles. The van der Waals surface area contributed by atoms with E-state index in [1.807, 2.05) is 0 Å². The molecule has 0 aromatic carbocycles. The minimum Gasteiger partial charge on any atom is -0.462 e. The first-order chi connectivity index (χ1) is 30.5. The van der Waals surface area contributed by atoms with Crippen LogP contribution in [0.1, 0.15) is 245 Å². The van der Waals surface area contributed by atoms with Crippen molar-refractivity contribution < 1.29 is 28.6 Å². The van der Waals surface area contributed by atoms with Gasteiger partial charge in [0.2, 0.25) is 0 Å². The van der Waals surface area contributed by atoms with Crippen molar-refractivity contribution >= 4 is 17.9 Å². The van der Waals surface area contributed by atoms with Gasteiger partial charge in [-0.2, -0.15) is 0 Å². The van der Waals surface area contributed by atoms with Gasteiger partial charge in [0.1, 0.15) is 13.2 Å². The van der Waals surface area contributed by atoms with Crippen LogP contribution in [0.5, 0.6) is 0 Å². The average Bonchev–Trinajstić information content (AvgIpc) is 3.27. The van der Waals surface area contributed by atoms with Crippen molar-refractivity contribution in [3.63, 3.8) is 0 Å². The Hall–Kier alpha value is -3.15.